The van der Waals surface area contributed by atoms with E-state index in [1.54, 1.807) is 31.2 Å². The van der Waals surface area contributed by atoms with Crippen molar-refractivity contribution in [3.63, 3.8) is 0 Å². The fourth-order valence-corrected chi connectivity index (χ4v) is 2.59. The molecule has 1 aromatic heterocycles. The molecule has 0 fully saturated rings. The van der Waals surface area contributed by atoms with Crippen molar-refractivity contribution >= 4 is 35.4 Å². The Labute approximate surface area is 183 Å². The first-order valence-electron chi connectivity index (χ1n) is 9.70. The third-order valence-electron chi connectivity index (χ3n) is 4.15. The van der Waals surface area contributed by atoms with Crippen molar-refractivity contribution in [2.75, 3.05) is 11.9 Å². The summed E-state index contributed by atoms with van der Waals surface area (Å²) in [5, 5.41) is 4.87. The zero-order chi connectivity index (χ0) is 22.9. The number of nitrogens with one attached hydrogen (secondary N) is 2. The Balaban J connectivity index is 1.50. The van der Waals surface area contributed by atoms with E-state index in [-0.39, 0.29) is 18.8 Å². The van der Waals surface area contributed by atoms with Crippen LogP contribution in [0.1, 0.15) is 28.8 Å². The van der Waals surface area contributed by atoms with Crippen molar-refractivity contribution < 1.29 is 27.9 Å². The highest BCUT2D eigenvalue weighted by molar-refractivity contribution is 6.39. The van der Waals surface area contributed by atoms with Gasteiger partial charge < -0.3 is 19.8 Å². The Morgan fingerprint density at radius 1 is 1.03 bits per heavy atom. The number of rotatable bonds is 7. The van der Waals surface area contributed by atoms with E-state index in [4.69, 9.17) is 9.15 Å². The summed E-state index contributed by atoms with van der Waals surface area (Å²) >= 11 is 0. The van der Waals surface area contributed by atoms with Gasteiger partial charge in [-0.2, -0.15) is 0 Å². The van der Waals surface area contributed by atoms with Crippen LogP contribution in [0.5, 0.6) is 0 Å². The van der Waals surface area contributed by atoms with Gasteiger partial charge in [-0.3, -0.25) is 9.59 Å². The number of para-hydroxylation sites is 1. The molecule has 0 bridgehead atoms. The monoisotopic (exact) mass is 437 g/mol. The number of esters is 1. The maximum Gasteiger partial charge on any atom is 0.338 e. The second-order valence-corrected chi connectivity index (χ2v) is 6.45. The van der Waals surface area contributed by atoms with Gasteiger partial charge in [0.15, 0.2) is 0 Å². The van der Waals surface area contributed by atoms with Gasteiger partial charge in [0.1, 0.15) is 17.3 Å². The molecule has 0 aliphatic carbocycles. The molecule has 1 heterocycles. The number of carbonyl (C=O) groups excluding carboxylic acids is 3. The smallest absolute Gasteiger partial charge is 0.338 e. The molecule has 0 spiro atoms. The molecule has 2 amide bonds. The topological polar surface area (TPSA) is 110 Å². The third kappa shape index (κ3) is 6.11. The molecule has 2 aromatic carbocycles. The van der Waals surface area contributed by atoms with E-state index in [1.807, 2.05) is 0 Å². The van der Waals surface area contributed by atoms with Gasteiger partial charge in [0.2, 0.25) is 0 Å². The number of aliphatic imine (C=N–C) groups is 1. The van der Waals surface area contributed by atoms with Crippen molar-refractivity contribution in [1.82, 2.24) is 5.32 Å². The van der Waals surface area contributed by atoms with Crippen LogP contribution in [0.25, 0.3) is 0 Å². The molecule has 164 valence electrons. The Hall–Kier alpha value is -4.27. The lowest BCUT2D eigenvalue weighted by Crippen LogP contribution is -2.34. The number of hydrogen-bond donors (Lipinski definition) is 2. The summed E-state index contributed by atoms with van der Waals surface area (Å²) in [6, 6.07) is 15.2. The maximum atomic E-state index is 13.6. The fraction of sp³-hybridized carbons (Fsp3) is 0.130. The van der Waals surface area contributed by atoms with Crippen molar-refractivity contribution in [2.24, 2.45) is 4.99 Å². The van der Waals surface area contributed by atoms with Gasteiger partial charge in [-0.05, 0) is 55.5 Å². The van der Waals surface area contributed by atoms with Crippen LogP contribution in [0, 0.1) is 5.82 Å². The summed E-state index contributed by atoms with van der Waals surface area (Å²) < 4.78 is 23.9. The van der Waals surface area contributed by atoms with Crippen LogP contribution in [-0.4, -0.2) is 30.6 Å². The predicted octanol–water partition coefficient (Wildman–Crippen LogP) is 3.60. The molecule has 0 saturated carbocycles. The highest BCUT2D eigenvalue weighted by atomic mass is 19.1. The molecule has 0 unspecified atom stereocenters. The van der Waals surface area contributed by atoms with Crippen molar-refractivity contribution in [2.45, 2.75) is 13.5 Å². The number of halogens is 1. The van der Waals surface area contributed by atoms with E-state index < -0.39 is 23.6 Å². The van der Waals surface area contributed by atoms with Gasteiger partial charge in [0.05, 0.1) is 30.6 Å². The average Bonchev–Trinajstić information content (AvgIpc) is 3.25. The van der Waals surface area contributed by atoms with Crippen LogP contribution in [-0.2, 0) is 20.9 Å². The summed E-state index contributed by atoms with van der Waals surface area (Å²) in [5.74, 6) is -1.91. The summed E-state index contributed by atoms with van der Waals surface area (Å²) in [4.78, 5) is 39.7. The van der Waals surface area contributed by atoms with Crippen molar-refractivity contribution in [3.05, 3.63) is 83.6 Å². The van der Waals surface area contributed by atoms with Crippen LogP contribution in [0.4, 0.5) is 15.8 Å². The lowest BCUT2D eigenvalue weighted by Gasteiger charge is -2.06. The molecule has 2 N–H and O–H groups in total. The predicted molar refractivity (Wildman–Crippen MR) is 115 cm³/mol. The number of amides is 2. The minimum Gasteiger partial charge on any atom is -0.462 e. The summed E-state index contributed by atoms with van der Waals surface area (Å²) in [5.41, 5.74) is 0.856. The number of hydrogen-bond acceptors (Lipinski definition) is 6. The van der Waals surface area contributed by atoms with Crippen LogP contribution >= 0.6 is 0 Å². The molecule has 3 rings (SSSR count). The Morgan fingerprint density at radius 3 is 2.50 bits per heavy atom. The maximum absolute atomic E-state index is 13.6. The minimum absolute atomic E-state index is 0.0262. The molecule has 9 heteroatoms. The Kier molecular flexibility index (Phi) is 7.47. The average molecular weight is 437 g/mol. The van der Waals surface area contributed by atoms with E-state index in [1.165, 1.54) is 42.6 Å². The third-order valence-corrected chi connectivity index (χ3v) is 4.15. The van der Waals surface area contributed by atoms with Crippen LogP contribution in [0.2, 0.25) is 0 Å². The molecule has 0 saturated heterocycles. The number of furan rings is 1. The number of nitrogens with zero attached hydrogens (tertiary/aromatic N) is 1. The molecule has 8 nitrogen and oxygen atoms in total. The number of anilines is 1. The van der Waals surface area contributed by atoms with Gasteiger partial charge in [-0.15, -0.1) is 0 Å². The van der Waals surface area contributed by atoms with Gasteiger partial charge in [0.25, 0.3) is 0 Å². The standard InChI is InChI=1S/C23H20FN3O5/c1-2-31-23(30)15-7-9-16(10-8-15)27-22(29)21(28)26-14-18-12-11-17(32-18)13-25-20-6-4-3-5-19(20)24/h3-13H,2,14H2,1H3,(H,26,28)(H,27,29). The van der Waals surface area contributed by atoms with Crippen molar-refractivity contribution in [1.29, 1.82) is 0 Å². The number of carbonyl (C=O) groups is 3. The molecule has 0 atom stereocenters. The second-order valence-electron chi connectivity index (χ2n) is 6.45. The van der Waals surface area contributed by atoms with Crippen LogP contribution < -0.4 is 10.6 Å². The van der Waals surface area contributed by atoms with Crippen molar-refractivity contribution in [3.8, 4) is 0 Å². The molecular formula is C23H20FN3O5. The molecule has 32 heavy (non-hydrogen) atoms. The molecule has 3 aromatic rings. The zero-order valence-corrected chi connectivity index (χ0v) is 17.1. The second kappa shape index (κ2) is 10.7. The first kappa shape index (κ1) is 22.4. The van der Waals surface area contributed by atoms with Gasteiger partial charge in [-0.1, -0.05) is 12.1 Å². The molecular weight excluding hydrogens is 417 g/mol. The van der Waals surface area contributed by atoms with E-state index in [0.29, 0.717) is 22.8 Å². The number of benzene rings is 2. The fourth-order valence-electron chi connectivity index (χ4n) is 2.59. The van der Waals surface area contributed by atoms with E-state index in [0.717, 1.165) is 0 Å². The first-order valence-corrected chi connectivity index (χ1v) is 9.70. The van der Waals surface area contributed by atoms with Crippen LogP contribution in [0.3, 0.4) is 0 Å². The number of ether oxygens (including phenoxy) is 1. The highest BCUT2D eigenvalue weighted by Gasteiger charge is 2.15. The quantitative estimate of drug-likeness (QED) is 0.333. The van der Waals surface area contributed by atoms with Gasteiger partial charge >= 0.3 is 17.8 Å². The Bertz CT molecular complexity index is 1140. The van der Waals surface area contributed by atoms with E-state index in [9.17, 15) is 18.8 Å². The molecule has 0 aliphatic heterocycles. The molecule has 0 aliphatic rings. The SMILES string of the molecule is CCOC(=O)c1ccc(NC(=O)C(=O)NCc2ccc(C=Nc3ccccc3F)o2)cc1. The van der Waals surface area contributed by atoms with E-state index >= 15 is 0 Å². The summed E-state index contributed by atoms with van der Waals surface area (Å²) in [6.45, 7) is 1.93. The molecule has 0 radical (unpaired) electrons. The minimum atomic E-state index is -0.873. The van der Waals surface area contributed by atoms with Crippen LogP contribution in [0.15, 0.2) is 70.1 Å². The highest BCUT2D eigenvalue weighted by Crippen LogP contribution is 2.16. The summed E-state index contributed by atoms with van der Waals surface area (Å²) in [6.07, 6.45) is 1.36. The zero-order valence-electron chi connectivity index (χ0n) is 17.1. The largest absolute Gasteiger partial charge is 0.462 e. The van der Waals surface area contributed by atoms with Gasteiger partial charge in [0, 0.05) is 5.69 Å². The van der Waals surface area contributed by atoms with E-state index in [2.05, 4.69) is 15.6 Å². The first-order chi connectivity index (χ1) is 15.5. The lowest BCUT2D eigenvalue weighted by atomic mass is 10.2. The normalized spacial score (nSPS) is 10.7. The lowest BCUT2D eigenvalue weighted by molar-refractivity contribution is -0.136. The Morgan fingerprint density at radius 2 is 1.78 bits per heavy atom. The summed E-state index contributed by atoms with van der Waals surface area (Å²) in [7, 11) is 0. The van der Waals surface area contributed by atoms with Gasteiger partial charge in [-0.25, -0.2) is 14.2 Å².